The standard InChI is InChI=1S/C21H34N4O6/c1-22-20(27)18-4-3-5-19(16-18)21(28)24-6-8-25(2)9-11-30-13-15-31-14-12-29-10-7-23-17-26/h3-5,16-17H,6-15H2,1-2H3,(H,22,27)(H,23,26)(H,24,28). The van der Waals surface area contributed by atoms with E-state index in [4.69, 9.17) is 14.2 Å². The molecule has 10 heteroatoms. The fraction of sp³-hybridized carbons (Fsp3) is 0.571. The van der Waals surface area contributed by atoms with E-state index in [9.17, 15) is 14.4 Å². The Morgan fingerprint density at radius 3 is 2.16 bits per heavy atom. The summed E-state index contributed by atoms with van der Waals surface area (Å²) >= 11 is 0. The third-order valence-corrected chi connectivity index (χ3v) is 4.23. The second kappa shape index (κ2) is 17.2. The van der Waals surface area contributed by atoms with E-state index in [0.717, 1.165) is 6.54 Å². The molecule has 0 aliphatic carbocycles. The fourth-order valence-electron chi connectivity index (χ4n) is 2.47. The van der Waals surface area contributed by atoms with Gasteiger partial charge in [-0.25, -0.2) is 0 Å². The largest absolute Gasteiger partial charge is 0.378 e. The van der Waals surface area contributed by atoms with Crippen molar-refractivity contribution in [1.29, 1.82) is 0 Å². The van der Waals surface area contributed by atoms with Crippen LogP contribution in [-0.4, -0.2) is 103 Å². The Balaban J connectivity index is 2.02. The number of hydrogen-bond donors (Lipinski definition) is 3. The summed E-state index contributed by atoms with van der Waals surface area (Å²) in [6, 6.07) is 6.61. The van der Waals surface area contributed by atoms with Crippen molar-refractivity contribution in [3.05, 3.63) is 35.4 Å². The Bertz CT molecular complexity index is 659. The second-order valence-electron chi connectivity index (χ2n) is 6.63. The van der Waals surface area contributed by atoms with E-state index in [1.807, 2.05) is 7.05 Å². The summed E-state index contributed by atoms with van der Waals surface area (Å²) in [5, 5.41) is 7.91. The van der Waals surface area contributed by atoms with Crippen molar-refractivity contribution < 1.29 is 28.6 Å². The van der Waals surface area contributed by atoms with Gasteiger partial charge in [-0.15, -0.1) is 0 Å². The zero-order valence-electron chi connectivity index (χ0n) is 18.4. The summed E-state index contributed by atoms with van der Waals surface area (Å²) in [6.45, 7) is 5.38. The number of carbonyl (C=O) groups excluding carboxylic acids is 3. The zero-order valence-corrected chi connectivity index (χ0v) is 18.4. The second-order valence-corrected chi connectivity index (χ2v) is 6.63. The number of rotatable bonds is 18. The first-order valence-corrected chi connectivity index (χ1v) is 10.3. The molecule has 10 nitrogen and oxygen atoms in total. The number of likely N-dealkylation sites (N-methyl/N-ethyl adjacent to an activating group) is 1. The number of ether oxygens (including phenoxy) is 3. The summed E-state index contributed by atoms with van der Waals surface area (Å²) in [5.74, 6) is -0.437. The monoisotopic (exact) mass is 438 g/mol. The molecule has 0 atom stereocenters. The molecule has 0 aromatic heterocycles. The Morgan fingerprint density at radius 2 is 1.52 bits per heavy atom. The molecule has 0 radical (unpaired) electrons. The highest BCUT2D eigenvalue weighted by molar-refractivity contribution is 5.99. The molecular weight excluding hydrogens is 404 g/mol. The van der Waals surface area contributed by atoms with Crippen LogP contribution in [0.5, 0.6) is 0 Å². The number of carbonyl (C=O) groups is 3. The van der Waals surface area contributed by atoms with E-state index < -0.39 is 0 Å². The van der Waals surface area contributed by atoms with Crippen LogP contribution in [0.15, 0.2) is 24.3 Å². The van der Waals surface area contributed by atoms with Gasteiger partial charge in [-0.2, -0.15) is 0 Å². The van der Waals surface area contributed by atoms with Gasteiger partial charge in [0.2, 0.25) is 6.41 Å². The first-order chi connectivity index (χ1) is 15.1. The highest BCUT2D eigenvalue weighted by Gasteiger charge is 2.09. The lowest BCUT2D eigenvalue weighted by Crippen LogP contribution is -2.34. The molecule has 1 rings (SSSR count). The third-order valence-electron chi connectivity index (χ3n) is 4.23. The van der Waals surface area contributed by atoms with Crippen LogP contribution in [0.25, 0.3) is 0 Å². The van der Waals surface area contributed by atoms with Gasteiger partial charge in [-0.3, -0.25) is 14.4 Å². The van der Waals surface area contributed by atoms with Gasteiger partial charge >= 0.3 is 0 Å². The zero-order chi connectivity index (χ0) is 22.7. The Hall–Kier alpha value is -2.53. The number of benzene rings is 1. The molecule has 0 fully saturated rings. The predicted molar refractivity (Wildman–Crippen MR) is 116 cm³/mol. The molecule has 0 saturated heterocycles. The molecular formula is C21H34N4O6. The van der Waals surface area contributed by atoms with Crippen molar-refractivity contribution in [2.75, 3.05) is 79.9 Å². The van der Waals surface area contributed by atoms with Crippen LogP contribution >= 0.6 is 0 Å². The van der Waals surface area contributed by atoms with Crippen molar-refractivity contribution in [3.8, 4) is 0 Å². The maximum atomic E-state index is 12.2. The van der Waals surface area contributed by atoms with Crippen LogP contribution in [-0.2, 0) is 19.0 Å². The van der Waals surface area contributed by atoms with E-state index in [-0.39, 0.29) is 11.8 Å². The van der Waals surface area contributed by atoms with Gasteiger partial charge in [0.15, 0.2) is 0 Å². The molecule has 31 heavy (non-hydrogen) atoms. The van der Waals surface area contributed by atoms with Crippen molar-refractivity contribution in [2.24, 2.45) is 0 Å². The summed E-state index contributed by atoms with van der Waals surface area (Å²) in [5.41, 5.74) is 0.905. The minimum absolute atomic E-state index is 0.212. The molecule has 0 aliphatic heterocycles. The number of amides is 3. The molecule has 1 aromatic carbocycles. The van der Waals surface area contributed by atoms with Crippen molar-refractivity contribution in [3.63, 3.8) is 0 Å². The lowest BCUT2D eigenvalue weighted by atomic mass is 10.1. The molecule has 3 amide bonds. The van der Waals surface area contributed by atoms with Gasteiger partial charge < -0.3 is 35.1 Å². The van der Waals surface area contributed by atoms with Crippen LogP contribution in [0.2, 0.25) is 0 Å². The van der Waals surface area contributed by atoms with Crippen LogP contribution in [0.4, 0.5) is 0 Å². The maximum absolute atomic E-state index is 12.2. The lowest BCUT2D eigenvalue weighted by Gasteiger charge is -2.17. The molecule has 3 N–H and O–H groups in total. The molecule has 0 saturated carbocycles. The van der Waals surface area contributed by atoms with Gasteiger partial charge in [0, 0.05) is 44.4 Å². The molecule has 0 unspecified atom stereocenters. The smallest absolute Gasteiger partial charge is 0.251 e. The third kappa shape index (κ3) is 12.7. The number of nitrogens with one attached hydrogen (secondary N) is 3. The SMILES string of the molecule is CNC(=O)c1cccc(C(=O)NCCN(C)CCOCCOCCOCCNC=O)c1. The highest BCUT2D eigenvalue weighted by Crippen LogP contribution is 2.05. The van der Waals surface area contributed by atoms with Crippen LogP contribution in [0.1, 0.15) is 20.7 Å². The Labute approximate surface area is 183 Å². The summed E-state index contributed by atoms with van der Waals surface area (Å²) < 4.78 is 16.2. The molecule has 0 spiro atoms. The van der Waals surface area contributed by atoms with Crippen molar-refractivity contribution in [1.82, 2.24) is 20.9 Å². The van der Waals surface area contributed by atoms with Crippen LogP contribution in [0.3, 0.4) is 0 Å². The molecule has 1 aromatic rings. The van der Waals surface area contributed by atoms with Crippen LogP contribution < -0.4 is 16.0 Å². The van der Waals surface area contributed by atoms with Gasteiger partial charge in [0.1, 0.15) is 0 Å². The van der Waals surface area contributed by atoms with Gasteiger partial charge in [-0.1, -0.05) is 6.07 Å². The van der Waals surface area contributed by atoms with Gasteiger partial charge in [0.25, 0.3) is 11.8 Å². The number of nitrogens with zero attached hydrogens (tertiary/aromatic N) is 1. The molecule has 0 heterocycles. The average molecular weight is 439 g/mol. The van der Waals surface area contributed by atoms with Crippen molar-refractivity contribution in [2.45, 2.75) is 0 Å². The minimum atomic E-state index is -0.225. The van der Waals surface area contributed by atoms with Gasteiger partial charge in [0.05, 0.1) is 39.6 Å². The molecule has 0 aliphatic rings. The van der Waals surface area contributed by atoms with Gasteiger partial charge in [-0.05, 0) is 25.2 Å². The normalized spacial score (nSPS) is 10.7. The van der Waals surface area contributed by atoms with Crippen molar-refractivity contribution >= 4 is 18.2 Å². The Kier molecular flexibility index (Phi) is 14.7. The predicted octanol–water partition coefficient (Wildman–Crippen LogP) is -0.496. The highest BCUT2D eigenvalue weighted by atomic mass is 16.5. The summed E-state index contributed by atoms with van der Waals surface area (Å²) in [7, 11) is 3.51. The minimum Gasteiger partial charge on any atom is -0.378 e. The first-order valence-electron chi connectivity index (χ1n) is 10.3. The van der Waals surface area contributed by atoms with E-state index >= 15 is 0 Å². The fourth-order valence-corrected chi connectivity index (χ4v) is 2.47. The Morgan fingerprint density at radius 1 is 0.903 bits per heavy atom. The first kappa shape index (κ1) is 26.5. The molecule has 0 bridgehead atoms. The topological polar surface area (TPSA) is 118 Å². The van der Waals surface area contributed by atoms with Crippen LogP contribution in [0, 0.1) is 0 Å². The van der Waals surface area contributed by atoms with E-state index in [0.29, 0.717) is 76.8 Å². The van der Waals surface area contributed by atoms with E-state index in [2.05, 4.69) is 20.9 Å². The molecule has 174 valence electrons. The summed E-state index contributed by atoms with van der Waals surface area (Å²) in [6.07, 6.45) is 0.639. The van der Waals surface area contributed by atoms with E-state index in [1.54, 1.807) is 31.3 Å². The average Bonchev–Trinajstić information content (AvgIpc) is 2.79. The quantitative estimate of drug-likeness (QED) is 0.209. The number of hydrogen-bond acceptors (Lipinski definition) is 7. The summed E-state index contributed by atoms with van der Waals surface area (Å²) in [4.78, 5) is 36.0. The van der Waals surface area contributed by atoms with E-state index in [1.165, 1.54) is 0 Å². The lowest BCUT2D eigenvalue weighted by molar-refractivity contribution is -0.109. The maximum Gasteiger partial charge on any atom is 0.251 e.